The Hall–Kier alpha value is -0.330. The van der Waals surface area contributed by atoms with E-state index in [1.54, 1.807) is 0 Å². The summed E-state index contributed by atoms with van der Waals surface area (Å²) in [4.78, 5) is 11.3. The second-order valence-corrected chi connectivity index (χ2v) is 8.73. The Morgan fingerprint density at radius 1 is 1.16 bits per heavy atom. The maximum Gasteiger partial charge on any atom is 0.120 e. The van der Waals surface area contributed by atoms with Crippen molar-refractivity contribution in [2.45, 2.75) is 72.6 Å². The topological polar surface area (TPSA) is 17.1 Å². The van der Waals surface area contributed by atoms with E-state index in [4.69, 9.17) is 0 Å². The lowest BCUT2D eigenvalue weighted by molar-refractivity contribution is -0.126. The van der Waals surface area contributed by atoms with Gasteiger partial charge in [0.2, 0.25) is 0 Å². The van der Waals surface area contributed by atoms with Crippen molar-refractivity contribution in [2.24, 2.45) is 34.0 Å². The van der Waals surface area contributed by atoms with E-state index in [1.165, 1.54) is 44.8 Å². The monoisotopic (exact) mass is 262 g/mol. The molecule has 0 bridgehead atoms. The number of rotatable bonds is 2. The summed E-state index contributed by atoms with van der Waals surface area (Å²) in [5.74, 6) is 2.35. The molecule has 3 aliphatic rings. The van der Waals surface area contributed by atoms with Gasteiger partial charge in [0.05, 0.1) is 0 Å². The number of fused-ring (bicyclic) bond motifs is 1. The minimum atomic E-state index is 0.422. The first kappa shape index (κ1) is 13.6. The summed E-state index contributed by atoms with van der Waals surface area (Å²) in [6.07, 6.45) is 10.3. The molecule has 0 aromatic carbocycles. The van der Waals surface area contributed by atoms with Crippen LogP contribution in [0.2, 0.25) is 0 Å². The molecule has 1 spiro atoms. The average Bonchev–Trinajstić information content (AvgIpc) is 2.94. The molecule has 0 saturated heterocycles. The first-order valence-corrected chi connectivity index (χ1v) is 8.30. The summed E-state index contributed by atoms with van der Waals surface area (Å²) in [5.41, 5.74) is 1.44. The molecular formula is C18H30O. The number of carbonyl (C=O) groups is 1. The Balaban J connectivity index is 1.97. The highest BCUT2D eigenvalue weighted by atomic mass is 16.1. The fourth-order valence-electron chi connectivity index (χ4n) is 6.49. The first-order valence-electron chi connectivity index (χ1n) is 8.30. The molecule has 0 heterocycles. The van der Waals surface area contributed by atoms with Crippen LogP contribution in [0.3, 0.4) is 0 Å². The van der Waals surface area contributed by atoms with Crippen molar-refractivity contribution < 1.29 is 4.79 Å². The predicted molar refractivity (Wildman–Crippen MR) is 78.8 cm³/mol. The van der Waals surface area contributed by atoms with Gasteiger partial charge in [-0.2, -0.15) is 0 Å². The largest absolute Gasteiger partial charge is 0.303 e. The molecule has 0 radical (unpaired) electrons. The van der Waals surface area contributed by atoms with Crippen molar-refractivity contribution >= 4 is 6.29 Å². The lowest BCUT2D eigenvalue weighted by Gasteiger charge is -2.60. The molecule has 108 valence electrons. The zero-order valence-electron chi connectivity index (χ0n) is 13.2. The van der Waals surface area contributed by atoms with E-state index in [2.05, 4.69) is 27.7 Å². The highest BCUT2D eigenvalue weighted by molar-refractivity contribution is 5.51. The average molecular weight is 262 g/mol. The maximum atomic E-state index is 11.3. The van der Waals surface area contributed by atoms with Gasteiger partial charge in [0.1, 0.15) is 6.29 Å². The van der Waals surface area contributed by atoms with E-state index in [0.29, 0.717) is 22.2 Å². The number of aldehydes is 1. The summed E-state index contributed by atoms with van der Waals surface area (Å²) >= 11 is 0. The molecule has 0 aromatic rings. The van der Waals surface area contributed by atoms with Crippen molar-refractivity contribution in [2.75, 3.05) is 0 Å². The zero-order valence-corrected chi connectivity index (χ0v) is 13.2. The van der Waals surface area contributed by atoms with Gasteiger partial charge >= 0.3 is 0 Å². The third-order valence-electron chi connectivity index (χ3n) is 7.50. The smallest absolute Gasteiger partial charge is 0.120 e. The minimum Gasteiger partial charge on any atom is -0.303 e. The van der Waals surface area contributed by atoms with Crippen LogP contribution >= 0.6 is 0 Å². The number of carbonyl (C=O) groups excluding carboxylic acids is 1. The van der Waals surface area contributed by atoms with E-state index in [0.717, 1.165) is 18.3 Å². The second-order valence-electron chi connectivity index (χ2n) is 8.73. The SMILES string of the molecule is C[C@@H]1CC12CC[C@H]1C(C)(C)CCC[C@]1(C)[C@H]2CC=O. The molecule has 19 heavy (non-hydrogen) atoms. The molecule has 1 nitrogen and oxygen atoms in total. The molecule has 0 aromatic heterocycles. The normalized spacial score (nSPS) is 51.7. The van der Waals surface area contributed by atoms with Gasteiger partial charge in [-0.15, -0.1) is 0 Å². The first-order chi connectivity index (χ1) is 8.87. The molecule has 0 aliphatic heterocycles. The van der Waals surface area contributed by atoms with E-state index < -0.39 is 0 Å². The minimum absolute atomic E-state index is 0.422. The van der Waals surface area contributed by atoms with Crippen molar-refractivity contribution in [3.05, 3.63) is 0 Å². The standard InChI is InChI=1S/C18H30O/c1-13-12-18(13)10-6-14-16(2,3)8-5-9-17(14,4)15(18)7-11-19/h11,13-15H,5-10,12H2,1-4H3/t13-,14+,15-,17+,18?/m1/s1. The van der Waals surface area contributed by atoms with Gasteiger partial charge < -0.3 is 4.79 Å². The summed E-state index contributed by atoms with van der Waals surface area (Å²) < 4.78 is 0. The Morgan fingerprint density at radius 2 is 1.84 bits per heavy atom. The fourth-order valence-corrected chi connectivity index (χ4v) is 6.49. The van der Waals surface area contributed by atoms with Crippen LogP contribution in [0.4, 0.5) is 0 Å². The van der Waals surface area contributed by atoms with Crippen LogP contribution in [-0.4, -0.2) is 6.29 Å². The molecule has 0 N–H and O–H groups in total. The molecule has 3 aliphatic carbocycles. The Kier molecular flexibility index (Phi) is 2.93. The van der Waals surface area contributed by atoms with Crippen molar-refractivity contribution in [1.82, 2.24) is 0 Å². The van der Waals surface area contributed by atoms with Gasteiger partial charge in [0.15, 0.2) is 0 Å². The van der Waals surface area contributed by atoms with Crippen LogP contribution < -0.4 is 0 Å². The van der Waals surface area contributed by atoms with E-state index >= 15 is 0 Å². The Bertz CT molecular complexity index is 385. The van der Waals surface area contributed by atoms with Crippen LogP contribution in [0.1, 0.15) is 72.6 Å². The van der Waals surface area contributed by atoms with Gasteiger partial charge in [-0.05, 0) is 66.1 Å². The van der Waals surface area contributed by atoms with Gasteiger partial charge in [0, 0.05) is 6.42 Å². The molecule has 0 amide bonds. The van der Waals surface area contributed by atoms with Crippen molar-refractivity contribution in [3.63, 3.8) is 0 Å². The molecular weight excluding hydrogens is 232 g/mol. The summed E-state index contributed by atoms with van der Waals surface area (Å²) in [6.45, 7) is 9.89. The third kappa shape index (κ3) is 1.76. The lowest BCUT2D eigenvalue weighted by Crippen LogP contribution is -2.52. The summed E-state index contributed by atoms with van der Waals surface area (Å²) in [7, 11) is 0. The molecule has 1 unspecified atom stereocenters. The molecule has 3 saturated carbocycles. The molecule has 1 heteroatoms. The van der Waals surface area contributed by atoms with Gasteiger partial charge in [0.25, 0.3) is 0 Å². The Labute approximate surface area is 118 Å². The Morgan fingerprint density at radius 3 is 2.42 bits per heavy atom. The third-order valence-corrected chi connectivity index (χ3v) is 7.50. The summed E-state index contributed by atoms with van der Waals surface area (Å²) in [5, 5.41) is 0. The maximum absolute atomic E-state index is 11.3. The van der Waals surface area contributed by atoms with E-state index in [1.807, 2.05) is 0 Å². The van der Waals surface area contributed by atoms with Crippen LogP contribution in [0.5, 0.6) is 0 Å². The molecule has 3 fully saturated rings. The van der Waals surface area contributed by atoms with Crippen LogP contribution in [-0.2, 0) is 4.79 Å². The van der Waals surface area contributed by atoms with Crippen LogP contribution in [0, 0.1) is 34.0 Å². The number of hydrogen-bond acceptors (Lipinski definition) is 1. The number of hydrogen-bond donors (Lipinski definition) is 0. The van der Waals surface area contributed by atoms with Crippen molar-refractivity contribution in [1.29, 1.82) is 0 Å². The van der Waals surface area contributed by atoms with Gasteiger partial charge in [-0.3, -0.25) is 0 Å². The van der Waals surface area contributed by atoms with Gasteiger partial charge in [-0.1, -0.05) is 34.1 Å². The fraction of sp³-hybridized carbons (Fsp3) is 0.944. The van der Waals surface area contributed by atoms with Gasteiger partial charge in [-0.25, -0.2) is 0 Å². The highest BCUT2D eigenvalue weighted by Gasteiger charge is 2.66. The predicted octanol–water partition coefficient (Wildman–Crippen LogP) is 4.84. The lowest BCUT2D eigenvalue weighted by atomic mass is 9.45. The zero-order chi connectivity index (χ0) is 13.9. The molecule has 3 rings (SSSR count). The summed E-state index contributed by atoms with van der Waals surface area (Å²) in [6, 6.07) is 0. The van der Waals surface area contributed by atoms with E-state index in [9.17, 15) is 4.79 Å². The quantitative estimate of drug-likeness (QED) is 0.650. The van der Waals surface area contributed by atoms with E-state index in [-0.39, 0.29) is 0 Å². The van der Waals surface area contributed by atoms with Crippen LogP contribution in [0.25, 0.3) is 0 Å². The van der Waals surface area contributed by atoms with Crippen molar-refractivity contribution in [3.8, 4) is 0 Å². The van der Waals surface area contributed by atoms with Crippen LogP contribution in [0.15, 0.2) is 0 Å². The highest BCUT2D eigenvalue weighted by Crippen LogP contribution is 2.73. The molecule has 5 atom stereocenters. The second kappa shape index (κ2) is 4.09.